The highest BCUT2D eigenvalue weighted by atomic mass is 79.9. The Bertz CT molecular complexity index is 419. The van der Waals surface area contributed by atoms with E-state index in [4.69, 9.17) is 5.73 Å². The third-order valence-electron chi connectivity index (χ3n) is 3.93. The van der Waals surface area contributed by atoms with Gasteiger partial charge >= 0.3 is 0 Å². The van der Waals surface area contributed by atoms with Crippen LogP contribution in [-0.4, -0.2) is 16.6 Å². The molecule has 18 heavy (non-hydrogen) atoms. The summed E-state index contributed by atoms with van der Waals surface area (Å²) in [6, 6.07) is 1.92. The molecular weight excluding hydrogens is 360 g/mol. The monoisotopic (exact) mass is 376 g/mol. The van der Waals surface area contributed by atoms with Gasteiger partial charge in [-0.25, -0.2) is 0 Å². The van der Waals surface area contributed by atoms with E-state index in [1.54, 1.807) is 6.20 Å². The number of hydrogen-bond acceptors (Lipinski definition) is 3. The van der Waals surface area contributed by atoms with E-state index in [0.717, 1.165) is 34.6 Å². The van der Waals surface area contributed by atoms with Crippen molar-refractivity contribution in [2.45, 2.75) is 38.2 Å². The van der Waals surface area contributed by atoms with Crippen LogP contribution >= 0.6 is 31.9 Å². The van der Waals surface area contributed by atoms with Gasteiger partial charge in [-0.2, -0.15) is 0 Å². The molecule has 1 unspecified atom stereocenters. The number of aliphatic hydroxyl groups is 1. The second-order valence-electron chi connectivity index (χ2n) is 5.05. The van der Waals surface area contributed by atoms with Crippen molar-refractivity contribution in [1.29, 1.82) is 0 Å². The van der Waals surface area contributed by atoms with Gasteiger partial charge in [0.2, 0.25) is 0 Å². The summed E-state index contributed by atoms with van der Waals surface area (Å²) in [5.74, 6) is 0. The first-order valence-corrected chi connectivity index (χ1v) is 7.87. The molecule has 1 aliphatic rings. The number of pyridine rings is 1. The van der Waals surface area contributed by atoms with E-state index in [2.05, 4.69) is 36.8 Å². The van der Waals surface area contributed by atoms with Crippen LogP contribution in [0.25, 0.3) is 0 Å². The average Bonchev–Trinajstić information content (AvgIpc) is 2.39. The van der Waals surface area contributed by atoms with Crippen LogP contribution in [0.2, 0.25) is 0 Å². The number of halogens is 2. The number of hydrogen-bond donors (Lipinski definition) is 2. The Balaban J connectivity index is 2.30. The summed E-state index contributed by atoms with van der Waals surface area (Å²) in [4.78, 5) is 4.35. The lowest BCUT2D eigenvalue weighted by molar-refractivity contribution is -0.00265. The first-order chi connectivity index (χ1) is 8.59. The molecule has 0 radical (unpaired) electrons. The van der Waals surface area contributed by atoms with Gasteiger partial charge in [0.25, 0.3) is 0 Å². The Labute approximate surface area is 124 Å². The summed E-state index contributed by atoms with van der Waals surface area (Å²) in [5.41, 5.74) is 6.44. The molecule has 2 rings (SSSR count). The molecule has 0 bridgehead atoms. The number of nitrogens with two attached hydrogens (primary N) is 1. The van der Waals surface area contributed by atoms with Crippen LogP contribution in [0.3, 0.4) is 0 Å². The maximum Gasteiger partial charge on any atom is 0.104 e. The van der Waals surface area contributed by atoms with Crippen molar-refractivity contribution < 1.29 is 5.11 Å². The first-order valence-electron chi connectivity index (χ1n) is 6.28. The SMILES string of the molecule is NCC1(C(O)c2ncc(Br)cc2Br)CCCCC1. The Kier molecular flexibility index (Phi) is 4.80. The van der Waals surface area contributed by atoms with Gasteiger partial charge in [-0.1, -0.05) is 19.3 Å². The molecule has 1 aliphatic carbocycles. The van der Waals surface area contributed by atoms with Crippen LogP contribution in [0.5, 0.6) is 0 Å². The van der Waals surface area contributed by atoms with E-state index in [1.807, 2.05) is 6.07 Å². The third kappa shape index (κ3) is 2.79. The highest BCUT2D eigenvalue weighted by Gasteiger charge is 2.40. The second-order valence-corrected chi connectivity index (χ2v) is 6.82. The van der Waals surface area contributed by atoms with Gasteiger partial charge in [0.15, 0.2) is 0 Å². The Morgan fingerprint density at radius 2 is 2.00 bits per heavy atom. The topological polar surface area (TPSA) is 59.1 Å². The molecule has 0 aliphatic heterocycles. The minimum absolute atomic E-state index is 0.207. The van der Waals surface area contributed by atoms with Crippen molar-refractivity contribution in [2.24, 2.45) is 11.1 Å². The van der Waals surface area contributed by atoms with Crippen molar-refractivity contribution in [2.75, 3.05) is 6.54 Å². The predicted octanol–water partition coefficient (Wildman–Crippen LogP) is 3.55. The minimum Gasteiger partial charge on any atom is -0.386 e. The summed E-state index contributed by atoms with van der Waals surface area (Å²) < 4.78 is 1.73. The molecule has 1 aromatic heterocycles. The highest BCUT2D eigenvalue weighted by molar-refractivity contribution is 9.11. The van der Waals surface area contributed by atoms with Crippen molar-refractivity contribution >= 4 is 31.9 Å². The molecular formula is C13H18Br2N2O. The van der Waals surface area contributed by atoms with E-state index in [0.29, 0.717) is 12.2 Å². The summed E-state index contributed by atoms with van der Waals surface area (Å²) in [6.07, 6.45) is 6.61. The summed E-state index contributed by atoms with van der Waals surface area (Å²) in [7, 11) is 0. The number of rotatable bonds is 3. The van der Waals surface area contributed by atoms with Crippen LogP contribution in [-0.2, 0) is 0 Å². The van der Waals surface area contributed by atoms with Gasteiger partial charge < -0.3 is 10.8 Å². The molecule has 1 heterocycles. The van der Waals surface area contributed by atoms with E-state index in [9.17, 15) is 5.11 Å². The zero-order valence-electron chi connectivity index (χ0n) is 10.2. The van der Waals surface area contributed by atoms with Crippen LogP contribution in [0.15, 0.2) is 21.2 Å². The normalized spacial score (nSPS) is 20.7. The van der Waals surface area contributed by atoms with Crippen molar-refractivity contribution in [3.05, 3.63) is 26.9 Å². The van der Waals surface area contributed by atoms with Gasteiger partial charge in [0, 0.05) is 27.1 Å². The lowest BCUT2D eigenvalue weighted by Crippen LogP contribution is -2.39. The fourth-order valence-electron chi connectivity index (χ4n) is 2.76. The summed E-state index contributed by atoms with van der Waals surface area (Å²) in [5, 5.41) is 10.7. The van der Waals surface area contributed by atoms with E-state index in [1.165, 1.54) is 6.42 Å². The Morgan fingerprint density at radius 3 is 2.56 bits per heavy atom. The molecule has 0 spiro atoms. The average molecular weight is 378 g/mol. The Morgan fingerprint density at radius 1 is 1.33 bits per heavy atom. The van der Waals surface area contributed by atoms with Crippen molar-refractivity contribution in [3.8, 4) is 0 Å². The molecule has 0 aromatic carbocycles. The molecule has 3 nitrogen and oxygen atoms in total. The molecule has 5 heteroatoms. The molecule has 0 saturated heterocycles. The zero-order valence-corrected chi connectivity index (χ0v) is 13.4. The van der Waals surface area contributed by atoms with Crippen LogP contribution < -0.4 is 5.73 Å². The first kappa shape index (κ1) is 14.4. The lowest BCUT2D eigenvalue weighted by Gasteiger charge is -2.40. The summed E-state index contributed by atoms with van der Waals surface area (Å²) >= 11 is 6.85. The van der Waals surface area contributed by atoms with Gasteiger partial charge in [-0.3, -0.25) is 4.98 Å². The summed E-state index contributed by atoms with van der Waals surface area (Å²) in [6.45, 7) is 0.512. The largest absolute Gasteiger partial charge is 0.386 e. The quantitative estimate of drug-likeness (QED) is 0.846. The van der Waals surface area contributed by atoms with Crippen molar-refractivity contribution in [3.63, 3.8) is 0 Å². The second kappa shape index (κ2) is 5.99. The zero-order chi connectivity index (χ0) is 13.2. The molecule has 1 saturated carbocycles. The molecule has 100 valence electrons. The van der Waals surface area contributed by atoms with Crippen LogP contribution in [0.4, 0.5) is 0 Å². The predicted molar refractivity (Wildman–Crippen MR) is 79.2 cm³/mol. The van der Waals surface area contributed by atoms with Gasteiger partial charge in [0.1, 0.15) is 6.10 Å². The maximum absolute atomic E-state index is 10.7. The maximum atomic E-state index is 10.7. The number of nitrogens with zero attached hydrogens (tertiary/aromatic N) is 1. The fourth-order valence-corrected chi connectivity index (χ4v) is 3.97. The lowest BCUT2D eigenvalue weighted by atomic mass is 9.69. The smallest absolute Gasteiger partial charge is 0.104 e. The third-order valence-corrected chi connectivity index (χ3v) is 5.00. The van der Waals surface area contributed by atoms with Crippen molar-refractivity contribution in [1.82, 2.24) is 4.98 Å². The number of aliphatic hydroxyl groups excluding tert-OH is 1. The molecule has 3 N–H and O–H groups in total. The standard InChI is InChI=1S/C13H18Br2N2O/c14-9-6-10(15)11(17-7-9)12(18)13(8-16)4-2-1-3-5-13/h6-7,12,18H,1-5,8,16H2. The van der Waals surface area contributed by atoms with E-state index in [-0.39, 0.29) is 5.41 Å². The Hall–Kier alpha value is 0.0300. The molecule has 0 amide bonds. The van der Waals surface area contributed by atoms with Gasteiger partial charge in [-0.05, 0) is 50.8 Å². The van der Waals surface area contributed by atoms with Crippen LogP contribution in [0, 0.1) is 5.41 Å². The van der Waals surface area contributed by atoms with E-state index < -0.39 is 6.10 Å². The molecule has 1 fully saturated rings. The van der Waals surface area contributed by atoms with Crippen LogP contribution in [0.1, 0.15) is 43.9 Å². The minimum atomic E-state index is -0.592. The van der Waals surface area contributed by atoms with E-state index >= 15 is 0 Å². The fraction of sp³-hybridized carbons (Fsp3) is 0.615. The van der Waals surface area contributed by atoms with Gasteiger partial charge in [-0.15, -0.1) is 0 Å². The number of aromatic nitrogens is 1. The van der Waals surface area contributed by atoms with Gasteiger partial charge in [0.05, 0.1) is 5.69 Å². The molecule has 1 aromatic rings. The highest BCUT2D eigenvalue weighted by Crippen LogP contribution is 2.46. The molecule has 1 atom stereocenters.